The summed E-state index contributed by atoms with van der Waals surface area (Å²) >= 11 is 1.30. The van der Waals surface area contributed by atoms with Gasteiger partial charge in [0.25, 0.3) is 0 Å². The molecule has 20 heavy (non-hydrogen) atoms. The lowest BCUT2D eigenvalue weighted by molar-refractivity contribution is -0.116. The summed E-state index contributed by atoms with van der Waals surface area (Å²) in [5.74, 6) is 0.781. The molecule has 0 unspecified atom stereocenters. The molecule has 0 bridgehead atoms. The minimum atomic E-state index is -0.196. The van der Waals surface area contributed by atoms with Gasteiger partial charge in [0.15, 0.2) is 0 Å². The fourth-order valence-corrected chi connectivity index (χ4v) is 2.47. The average Bonchev–Trinajstić information content (AvgIpc) is 2.50. The number of carbonyl (C=O) groups excluding carboxylic acids is 1. The van der Waals surface area contributed by atoms with E-state index in [1.807, 2.05) is 67.6 Å². The highest BCUT2D eigenvalue weighted by Crippen LogP contribution is 2.26. The van der Waals surface area contributed by atoms with Crippen LogP contribution in [0.4, 0.5) is 0 Å². The van der Waals surface area contributed by atoms with E-state index in [1.54, 1.807) is 0 Å². The minimum absolute atomic E-state index is 0.0735. The first-order valence-electron chi connectivity index (χ1n) is 6.68. The Labute approximate surface area is 124 Å². The Kier molecular flexibility index (Phi) is 5.84. The maximum atomic E-state index is 11.6. The summed E-state index contributed by atoms with van der Waals surface area (Å²) in [6, 6.07) is 20.0. The molecule has 0 aromatic heterocycles. The van der Waals surface area contributed by atoms with Gasteiger partial charge in [-0.2, -0.15) is 0 Å². The summed E-state index contributed by atoms with van der Waals surface area (Å²) in [5.41, 5.74) is 2.13. The number of rotatable bonds is 6. The van der Waals surface area contributed by atoms with Gasteiger partial charge in [0, 0.05) is 0 Å². The second kappa shape index (κ2) is 7.88. The van der Waals surface area contributed by atoms with Crippen molar-refractivity contribution in [2.45, 2.75) is 13.0 Å². The molecule has 0 radical (unpaired) electrons. The Morgan fingerprint density at radius 3 is 1.95 bits per heavy atom. The molecule has 0 spiro atoms. The first kappa shape index (κ1) is 14.8. The van der Waals surface area contributed by atoms with Crippen LogP contribution in [0.5, 0.6) is 0 Å². The van der Waals surface area contributed by atoms with Gasteiger partial charge >= 0.3 is 0 Å². The molecule has 0 saturated heterocycles. The van der Waals surface area contributed by atoms with Crippen molar-refractivity contribution >= 4 is 16.9 Å². The van der Waals surface area contributed by atoms with Crippen LogP contribution in [0.2, 0.25) is 0 Å². The third-order valence-electron chi connectivity index (χ3n) is 2.88. The largest absolute Gasteiger partial charge is 0.360 e. The third-order valence-corrected chi connectivity index (χ3v) is 3.61. The standard InChI is InChI=1S/C17H18O2S/c1-2-20-16(18)13-19-17(14-9-5-3-6-10-14)15-11-7-4-8-12-15/h3-12,17H,2,13H2,1H3. The lowest BCUT2D eigenvalue weighted by atomic mass is 10.0. The molecule has 0 saturated carbocycles. The van der Waals surface area contributed by atoms with Gasteiger partial charge in [-0.3, -0.25) is 4.79 Å². The zero-order valence-corrected chi connectivity index (χ0v) is 12.3. The van der Waals surface area contributed by atoms with Crippen molar-refractivity contribution < 1.29 is 9.53 Å². The van der Waals surface area contributed by atoms with Gasteiger partial charge in [0.1, 0.15) is 12.7 Å². The highest BCUT2D eigenvalue weighted by molar-refractivity contribution is 8.13. The fraction of sp³-hybridized carbons (Fsp3) is 0.235. The summed E-state index contributed by atoms with van der Waals surface area (Å²) in [4.78, 5) is 11.6. The van der Waals surface area contributed by atoms with Crippen LogP contribution >= 0.6 is 11.8 Å². The predicted molar refractivity (Wildman–Crippen MR) is 83.8 cm³/mol. The number of carbonyl (C=O) groups is 1. The highest BCUT2D eigenvalue weighted by Gasteiger charge is 2.15. The van der Waals surface area contributed by atoms with Crippen LogP contribution in [0.25, 0.3) is 0 Å². The summed E-state index contributed by atoms with van der Waals surface area (Å²) in [7, 11) is 0. The van der Waals surface area contributed by atoms with Gasteiger partial charge in [-0.15, -0.1) is 0 Å². The number of benzene rings is 2. The van der Waals surface area contributed by atoms with E-state index in [0.29, 0.717) is 0 Å². The van der Waals surface area contributed by atoms with Crippen molar-refractivity contribution in [1.29, 1.82) is 0 Å². The van der Waals surface area contributed by atoms with Gasteiger partial charge in [0.05, 0.1) is 0 Å². The average molecular weight is 286 g/mol. The topological polar surface area (TPSA) is 26.3 Å². The van der Waals surface area contributed by atoms with Crippen molar-refractivity contribution in [2.24, 2.45) is 0 Å². The van der Waals surface area contributed by atoms with E-state index in [2.05, 4.69) is 0 Å². The van der Waals surface area contributed by atoms with E-state index >= 15 is 0 Å². The number of ether oxygens (including phenoxy) is 1. The SMILES string of the molecule is CCSC(=O)COC(c1ccccc1)c1ccccc1. The molecule has 0 aliphatic heterocycles. The molecule has 3 heteroatoms. The minimum Gasteiger partial charge on any atom is -0.360 e. The summed E-state index contributed by atoms with van der Waals surface area (Å²) < 4.78 is 5.86. The summed E-state index contributed by atoms with van der Waals surface area (Å²) in [5, 5.41) is 0.0735. The molecule has 2 aromatic carbocycles. The molecule has 0 N–H and O–H groups in total. The van der Waals surface area contributed by atoms with Gasteiger partial charge in [0.2, 0.25) is 5.12 Å². The van der Waals surface area contributed by atoms with Crippen LogP contribution in [0, 0.1) is 0 Å². The van der Waals surface area contributed by atoms with Crippen molar-refractivity contribution in [2.75, 3.05) is 12.4 Å². The molecule has 0 aliphatic rings. The number of thioether (sulfide) groups is 1. The van der Waals surface area contributed by atoms with Crippen molar-refractivity contribution in [3.8, 4) is 0 Å². The Morgan fingerprint density at radius 2 is 1.50 bits per heavy atom. The highest BCUT2D eigenvalue weighted by atomic mass is 32.2. The molecular weight excluding hydrogens is 268 g/mol. The maximum absolute atomic E-state index is 11.6. The smallest absolute Gasteiger partial charge is 0.214 e. The third kappa shape index (κ3) is 4.22. The van der Waals surface area contributed by atoms with Crippen LogP contribution in [0.3, 0.4) is 0 Å². The molecule has 2 rings (SSSR count). The zero-order valence-electron chi connectivity index (χ0n) is 11.5. The molecule has 2 aromatic rings. The molecule has 0 aliphatic carbocycles. The van der Waals surface area contributed by atoms with Crippen molar-refractivity contribution in [3.05, 3.63) is 71.8 Å². The van der Waals surface area contributed by atoms with Crippen LogP contribution in [0.1, 0.15) is 24.2 Å². The second-order valence-electron chi connectivity index (χ2n) is 4.32. The molecule has 0 atom stereocenters. The van der Waals surface area contributed by atoms with Crippen LogP contribution < -0.4 is 0 Å². The molecule has 0 amide bonds. The van der Waals surface area contributed by atoms with Crippen molar-refractivity contribution in [3.63, 3.8) is 0 Å². The first-order valence-corrected chi connectivity index (χ1v) is 7.67. The number of hydrogen-bond acceptors (Lipinski definition) is 3. The Morgan fingerprint density at radius 1 is 1.00 bits per heavy atom. The molecule has 104 valence electrons. The van der Waals surface area contributed by atoms with Crippen molar-refractivity contribution in [1.82, 2.24) is 0 Å². The summed E-state index contributed by atoms with van der Waals surface area (Å²) in [6.07, 6.45) is -0.196. The normalized spacial score (nSPS) is 10.7. The quantitative estimate of drug-likeness (QED) is 0.800. The fourth-order valence-electron chi connectivity index (χ4n) is 1.99. The lowest BCUT2D eigenvalue weighted by Gasteiger charge is -2.18. The van der Waals surface area contributed by atoms with E-state index in [0.717, 1.165) is 16.9 Å². The van der Waals surface area contributed by atoms with Crippen LogP contribution in [-0.4, -0.2) is 17.5 Å². The van der Waals surface area contributed by atoms with E-state index in [1.165, 1.54) is 11.8 Å². The summed E-state index contributed by atoms with van der Waals surface area (Å²) in [6.45, 7) is 2.10. The van der Waals surface area contributed by atoms with Crippen LogP contribution in [0.15, 0.2) is 60.7 Å². The van der Waals surface area contributed by atoms with Gasteiger partial charge in [-0.1, -0.05) is 79.3 Å². The molecular formula is C17H18O2S. The number of hydrogen-bond donors (Lipinski definition) is 0. The monoisotopic (exact) mass is 286 g/mol. The zero-order chi connectivity index (χ0) is 14.2. The van der Waals surface area contributed by atoms with E-state index < -0.39 is 0 Å². The molecule has 0 fully saturated rings. The Balaban J connectivity index is 2.15. The Hall–Kier alpha value is -1.58. The first-order chi connectivity index (χ1) is 9.81. The molecule has 0 heterocycles. The predicted octanol–water partition coefficient (Wildman–Crippen LogP) is 4.07. The second-order valence-corrected chi connectivity index (χ2v) is 5.64. The van der Waals surface area contributed by atoms with Gasteiger partial charge in [-0.05, 0) is 16.9 Å². The van der Waals surface area contributed by atoms with Gasteiger partial charge < -0.3 is 4.74 Å². The van der Waals surface area contributed by atoms with E-state index in [-0.39, 0.29) is 17.8 Å². The maximum Gasteiger partial charge on any atom is 0.214 e. The van der Waals surface area contributed by atoms with Crippen LogP contribution in [-0.2, 0) is 9.53 Å². The molecule has 2 nitrogen and oxygen atoms in total. The van der Waals surface area contributed by atoms with E-state index in [4.69, 9.17) is 4.74 Å². The van der Waals surface area contributed by atoms with Gasteiger partial charge in [-0.25, -0.2) is 0 Å². The Bertz CT molecular complexity index is 486. The lowest BCUT2D eigenvalue weighted by Crippen LogP contribution is -2.12. The van der Waals surface area contributed by atoms with E-state index in [9.17, 15) is 4.79 Å².